The number of carboxylic acids is 1. The molecule has 114 valence electrons. The number of hydrogen-bond acceptors (Lipinski definition) is 2. The molecule has 0 bridgehead atoms. The largest absolute Gasteiger partial charge is 0.481 e. The lowest BCUT2D eigenvalue weighted by atomic mass is 9.86. The molecule has 2 aromatic rings. The van der Waals surface area contributed by atoms with Crippen LogP contribution in [0.1, 0.15) is 18.9 Å². The van der Waals surface area contributed by atoms with Crippen molar-refractivity contribution in [3.8, 4) is 11.1 Å². The van der Waals surface area contributed by atoms with Crippen LogP contribution in [0.15, 0.2) is 54.6 Å². The summed E-state index contributed by atoms with van der Waals surface area (Å²) in [6.45, 7) is 2.75. The maximum absolute atomic E-state index is 11.9. The van der Waals surface area contributed by atoms with Crippen LogP contribution in [0.2, 0.25) is 0 Å². The molecule has 1 saturated carbocycles. The van der Waals surface area contributed by atoms with Gasteiger partial charge in [0.1, 0.15) is 0 Å². The van der Waals surface area contributed by atoms with Crippen LogP contribution >= 0.6 is 0 Å². The minimum Gasteiger partial charge on any atom is -0.481 e. The highest BCUT2D eigenvalue weighted by Gasteiger charge is 2.69. The van der Waals surface area contributed by atoms with Crippen LogP contribution < -0.4 is 5.32 Å². The molecule has 2 atom stereocenters. The number of carbonyl (C=O) groups is 1. The number of carboxylic acid groups (broad SMARTS) is 1. The first-order valence-electron chi connectivity index (χ1n) is 7.57. The first-order valence-corrected chi connectivity index (χ1v) is 7.57. The van der Waals surface area contributed by atoms with Crippen molar-refractivity contribution in [2.75, 3.05) is 13.6 Å². The molecule has 0 heterocycles. The topological polar surface area (TPSA) is 49.3 Å². The molecule has 3 nitrogen and oxygen atoms in total. The summed E-state index contributed by atoms with van der Waals surface area (Å²) in [6, 6.07) is 18.1. The van der Waals surface area contributed by atoms with Gasteiger partial charge in [0, 0.05) is 12.0 Å². The zero-order chi connectivity index (χ0) is 15.8. The van der Waals surface area contributed by atoms with Crippen LogP contribution in [0.3, 0.4) is 0 Å². The average Bonchev–Trinajstić information content (AvgIpc) is 3.16. The molecular weight excluding hydrogens is 274 g/mol. The minimum atomic E-state index is -0.759. The second-order valence-corrected chi connectivity index (χ2v) is 6.42. The van der Waals surface area contributed by atoms with Crippen LogP contribution in [0.4, 0.5) is 0 Å². The van der Waals surface area contributed by atoms with Crippen molar-refractivity contribution in [3.63, 3.8) is 0 Å². The lowest BCUT2D eigenvalue weighted by Crippen LogP contribution is -2.32. The Kier molecular flexibility index (Phi) is 3.53. The van der Waals surface area contributed by atoms with E-state index in [0.717, 1.165) is 16.7 Å². The fourth-order valence-electron chi connectivity index (χ4n) is 3.63. The molecule has 1 fully saturated rings. The van der Waals surface area contributed by atoms with Crippen LogP contribution in [-0.4, -0.2) is 24.7 Å². The van der Waals surface area contributed by atoms with E-state index in [1.54, 1.807) is 0 Å². The van der Waals surface area contributed by atoms with Crippen molar-refractivity contribution in [1.82, 2.24) is 5.32 Å². The van der Waals surface area contributed by atoms with Gasteiger partial charge < -0.3 is 10.4 Å². The smallest absolute Gasteiger partial charge is 0.314 e. The minimum absolute atomic E-state index is 0.220. The van der Waals surface area contributed by atoms with E-state index in [1.165, 1.54) is 0 Å². The summed E-state index contributed by atoms with van der Waals surface area (Å²) in [5, 5.41) is 12.9. The predicted octanol–water partition coefficient (Wildman–Crippen LogP) is 3.31. The Morgan fingerprint density at radius 3 is 2.23 bits per heavy atom. The summed E-state index contributed by atoms with van der Waals surface area (Å²) >= 11 is 0. The molecule has 0 spiro atoms. The number of hydrogen-bond donors (Lipinski definition) is 2. The molecule has 0 aromatic heterocycles. The molecule has 0 saturated heterocycles. The Balaban J connectivity index is 1.94. The third kappa shape index (κ3) is 2.13. The Morgan fingerprint density at radius 1 is 1.09 bits per heavy atom. The zero-order valence-electron chi connectivity index (χ0n) is 13.0. The second kappa shape index (κ2) is 5.25. The van der Waals surface area contributed by atoms with E-state index >= 15 is 0 Å². The van der Waals surface area contributed by atoms with Gasteiger partial charge in [0.15, 0.2) is 0 Å². The Hall–Kier alpha value is -2.13. The van der Waals surface area contributed by atoms with Gasteiger partial charge >= 0.3 is 5.97 Å². The van der Waals surface area contributed by atoms with E-state index in [2.05, 4.69) is 17.4 Å². The molecule has 0 unspecified atom stereocenters. The first kappa shape index (κ1) is 14.8. The standard InChI is InChI=1S/C19H21NO2/c1-18(13-20-2)12-19(18,17(21)22)16-10-8-15(9-11-16)14-6-4-3-5-7-14/h3-11,20H,12-13H2,1-2H3,(H,21,22)/t18-,19-/m0/s1. The molecule has 3 rings (SSSR count). The van der Waals surface area contributed by atoms with E-state index in [9.17, 15) is 9.90 Å². The molecule has 3 heteroatoms. The number of rotatable bonds is 5. The lowest BCUT2D eigenvalue weighted by molar-refractivity contribution is -0.141. The van der Waals surface area contributed by atoms with E-state index in [1.807, 2.05) is 56.4 Å². The zero-order valence-corrected chi connectivity index (χ0v) is 13.0. The quantitative estimate of drug-likeness (QED) is 0.889. The maximum Gasteiger partial charge on any atom is 0.314 e. The summed E-state index contributed by atoms with van der Waals surface area (Å²) in [5.74, 6) is -0.724. The highest BCUT2D eigenvalue weighted by Crippen LogP contribution is 2.64. The van der Waals surface area contributed by atoms with Crippen molar-refractivity contribution < 1.29 is 9.90 Å². The Bertz CT molecular complexity index is 680. The average molecular weight is 295 g/mol. The maximum atomic E-state index is 11.9. The molecule has 0 aliphatic heterocycles. The van der Waals surface area contributed by atoms with E-state index in [-0.39, 0.29) is 5.41 Å². The van der Waals surface area contributed by atoms with Gasteiger partial charge in [0.2, 0.25) is 0 Å². The van der Waals surface area contributed by atoms with Crippen molar-refractivity contribution in [3.05, 3.63) is 60.2 Å². The van der Waals surface area contributed by atoms with Crippen LogP contribution in [-0.2, 0) is 10.2 Å². The Morgan fingerprint density at radius 2 is 1.68 bits per heavy atom. The SMILES string of the molecule is CNC[C@]1(C)C[C@@]1(C(=O)O)c1ccc(-c2ccccc2)cc1. The molecule has 1 aliphatic carbocycles. The van der Waals surface area contributed by atoms with Gasteiger partial charge in [-0.25, -0.2) is 0 Å². The van der Waals surface area contributed by atoms with E-state index < -0.39 is 11.4 Å². The van der Waals surface area contributed by atoms with Gasteiger partial charge in [-0.05, 0) is 30.2 Å². The second-order valence-electron chi connectivity index (χ2n) is 6.42. The Labute approximate surface area is 131 Å². The highest BCUT2D eigenvalue weighted by molar-refractivity contribution is 5.87. The fourth-order valence-corrected chi connectivity index (χ4v) is 3.63. The number of nitrogens with one attached hydrogen (secondary N) is 1. The van der Waals surface area contributed by atoms with Gasteiger partial charge in [-0.1, -0.05) is 61.5 Å². The number of benzene rings is 2. The third-order valence-electron chi connectivity index (χ3n) is 4.98. The summed E-state index contributed by atoms with van der Waals surface area (Å²) in [6.07, 6.45) is 0.681. The van der Waals surface area contributed by atoms with E-state index in [0.29, 0.717) is 13.0 Å². The van der Waals surface area contributed by atoms with Crippen LogP contribution in [0.5, 0.6) is 0 Å². The van der Waals surface area contributed by atoms with Crippen molar-refractivity contribution in [2.45, 2.75) is 18.8 Å². The lowest BCUT2D eigenvalue weighted by Gasteiger charge is -2.19. The van der Waals surface area contributed by atoms with Crippen LogP contribution in [0, 0.1) is 5.41 Å². The van der Waals surface area contributed by atoms with Crippen molar-refractivity contribution in [2.24, 2.45) is 5.41 Å². The van der Waals surface area contributed by atoms with Crippen molar-refractivity contribution in [1.29, 1.82) is 0 Å². The first-order chi connectivity index (χ1) is 10.5. The molecule has 0 radical (unpaired) electrons. The summed E-state index contributed by atoms with van der Waals surface area (Å²) in [5.41, 5.74) is 2.18. The van der Waals surface area contributed by atoms with E-state index in [4.69, 9.17) is 0 Å². The van der Waals surface area contributed by atoms with Gasteiger partial charge in [0.05, 0.1) is 5.41 Å². The highest BCUT2D eigenvalue weighted by atomic mass is 16.4. The summed E-state index contributed by atoms with van der Waals surface area (Å²) in [7, 11) is 1.87. The fraction of sp³-hybridized carbons (Fsp3) is 0.316. The predicted molar refractivity (Wildman–Crippen MR) is 87.8 cm³/mol. The molecule has 1 aliphatic rings. The molecule has 0 amide bonds. The third-order valence-corrected chi connectivity index (χ3v) is 4.98. The van der Waals surface area contributed by atoms with Crippen LogP contribution in [0.25, 0.3) is 11.1 Å². The molecule has 22 heavy (non-hydrogen) atoms. The number of aliphatic carboxylic acids is 1. The van der Waals surface area contributed by atoms with Gasteiger partial charge in [0.25, 0.3) is 0 Å². The summed E-state index contributed by atoms with van der Waals surface area (Å²) in [4.78, 5) is 11.9. The molecule has 2 aromatic carbocycles. The van der Waals surface area contributed by atoms with Crippen molar-refractivity contribution >= 4 is 5.97 Å². The monoisotopic (exact) mass is 295 g/mol. The van der Waals surface area contributed by atoms with Gasteiger partial charge in [-0.3, -0.25) is 4.79 Å². The van der Waals surface area contributed by atoms with Gasteiger partial charge in [-0.15, -0.1) is 0 Å². The summed E-state index contributed by atoms with van der Waals surface area (Å²) < 4.78 is 0. The normalized spacial score (nSPS) is 26.6. The van der Waals surface area contributed by atoms with Gasteiger partial charge in [-0.2, -0.15) is 0 Å². The molecule has 2 N–H and O–H groups in total. The molecular formula is C19H21NO2.